The number of allylic oxidation sites excluding steroid dienone is 2. The summed E-state index contributed by atoms with van der Waals surface area (Å²) < 4.78 is 30.9. The quantitative estimate of drug-likeness (QED) is 0.622. The molecule has 0 spiro atoms. The van der Waals surface area contributed by atoms with E-state index in [1.54, 1.807) is 4.90 Å². The maximum atomic E-state index is 13.3. The van der Waals surface area contributed by atoms with Crippen molar-refractivity contribution in [3.05, 3.63) is 47.2 Å². The molecule has 7 heteroatoms. The van der Waals surface area contributed by atoms with E-state index < -0.39 is 11.6 Å². The van der Waals surface area contributed by atoms with Crippen molar-refractivity contribution in [1.82, 2.24) is 10.2 Å². The minimum Gasteiger partial charge on any atom is -0.467 e. The van der Waals surface area contributed by atoms with E-state index in [2.05, 4.69) is 25.2 Å². The van der Waals surface area contributed by atoms with E-state index in [9.17, 15) is 18.4 Å². The minimum absolute atomic E-state index is 0.0126. The Hall–Kier alpha value is -2.44. The number of nitrogens with zero attached hydrogens (tertiary/aromatic N) is 1. The third-order valence-electron chi connectivity index (χ3n) is 5.13. The molecule has 1 aromatic rings. The number of carbonyl (C=O) groups is 2. The van der Waals surface area contributed by atoms with Crippen molar-refractivity contribution in [3.63, 3.8) is 0 Å². The van der Waals surface area contributed by atoms with Gasteiger partial charge in [0, 0.05) is 30.8 Å². The Balaban J connectivity index is 0.000000300. The largest absolute Gasteiger partial charge is 0.467 e. The first-order chi connectivity index (χ1) is 14.2. The monoisotopic (exact) mass is 424 g/mol. The normalized spacial score (nSPS) is 15.9. The summed E-state index contributed by atoms with van der Waals surface area (Å²) in [6, 6.07) is 3.80. The summed E-state index contributed by atoms with van der Waals surface area (Å²) in [6.45, 7) is 8.97. The summed E-state index contributed by atoms with van der Waals surface area (Å²) in [5.41, 5.74) is 1.28. The average Bonchev–Trinajstić information content (AvgIpc) is 3.13. The third kappa shape index (κ3) is 7.76. The van der Waals surface area contributed by atoms with Gasteiger partial charge in [-0.3, -0.25) is 4.79 Å². The summed E-state index contributed by atoms with van der Waals surface area (Å²) in [6.07, 6.45) is 5.30. The van der Waals surface area contributed by atoms with E-state index >= 15 is 0 Å². The number of methoxy groups -OCH3 is 1. The van der Waals surface area contributed by atoms with Crippen molar-refractivity contribution >= 4 is 11.9 Å². The lowest BCUT2D eigenvalue weighted by Gasteiger charge is -2.23. The van der Waals surface area contributed by atoms with E-state index in [-0.39, 0.29) is 35.9 Å². The number of hydrogen-bond donors (Lipinski definition) is 1. The van der Waals surface area contributed by atoms with Crippen LogP contribution >= 0.6 is 0 Å². The van der Waals surface area contributed by atoms with Crippen molar-refractivity contribution in [1.29, 1.82) is 0 Å². The highest BCUT2D eigenvalue weighted by Crippen LogP contribution is 2.17. The number of nitrogens with one attached hydrogen (secondary N) is 1. The predicted molar refractivity (Wildman–Crippen MR) is 113 cm³/mol. The Labute approximate surface area is 178 Å². The summed E-state index contributed by atoms with van der Waals surface area (Å²) in [5.74, 6) is -1.61. The standard InChI is InChI=1S/C12H23NO2.C11H11F2NO/c1-6-8-10(4)13-11(9(3)7-2)12(14)15-5;12-9-4-1-3-8(11(9)13)7-14-6-2-5-10(14)15/h8-9,11,13H,6-7H2,1-5H3;1,3-4H,2,5-7H2/b10-8+;/t9-,11?;/m0./s1. The molecule has 1 aromatic carbocycles. The fraction of sp³-hybridized carbons (Fsp3) is 0.565. The maximum Gasteiger partial charge on any atom is 0.328 e. The molecule has 30 heavy (non-hydrogen) atoms. The van der Waals surface area contributed by atoms with Gasteiger partial charge in [-0.05, 0) is 31.7 Å². The fourth-order valence-electron chi connectivity index (χ4n) is 3.15. The number of esters is 1. The molecule has 1 amide bonds. The molecule has 2 rings (SSSR count). The smallest absolute Gasteiger partial charge is 0.328 e. The Morgan fingerprint density at radius 3 is 2.57 bits per heavy atom. The van der Waals surface area contributed by atoms with Gasteiger partial charge < -0.3 is 15.0 Å². The van der Waals surface area contributed by atoms with E-state index in [1.807, 2.05) is 13.8 Å². The lowest BCUT2D eigenvalue weighted by atomic mass is 9.99. The van der Waals surface area contributed by atoms with Gasteiger partial charge in [0.25, 0.3) is 0 Å². The molecule has 1 saturated heterocycles. The Bertz CT molecular complexity index is 737. The molecule has 0 saturated carbocycles. The van der Waals surface area contributed by atoms with Gasteiger partial charge in [0.1, 0.15) is 6.04 Å². The van der Waals surface area contributed by atoms with Crippen molar-refractivity contribution in [3.8, 4) is 0 Å². The molecular weight excluding hydrogens is 390 g/mol. The lowest BCUT2D eigenvalue weighted by molar-refractivity contribution is -0.144. The zero-order valence-electron chi connectivity index (χ0n) is 18.6. The molecule has 2 atom stereocenters. The number of likely N-dealkylation sites (tertiary alicyclic amines) is 1. The summed E-state index contributed by atoms with van der Waals surface area (Å²) in [5, 5.41) is 3.21. The van der Waals surface area contributed by atoms with Crippen LogP contribution in [-0.4, -0.2) is 36.5 Å². The Morgan fingerprint density at radius 2 is 2.03 bits per heavy atom. The van der Waals surface area contributed by atoms with Crippen LogP contribution in [0.25, 0.3) is 0 Å². The first-order valence-corrected chi connectivity index (χ1v) is 10.5. The zero-order valence-corrected chi connectivity index (χ0v) is 18.6. The molecule has 1 N–H and O–H groups in total. The number of benzene rings is 1. The molecule has 1 heterocycles. The highest BCUT2D eigenvalue weighted by molar-refractivity contribution is 5.78. The number of carbonyl (C=O) groups excluding carboxylic acids is 2. The second-order valence-electron chi connectivity index (χ2n) is 7.46. The van der Waals surface area contributed by atoms with Crippen LogP contribution in [0.2, 0.25) is 0 Å². The van der Waals surface area contributed by atoms with Gasteiger partial charge in [-0.25, -0.2) is 13.6 Å². The summed E-state index contributed by atoms with van der Waals surface area (Å²) in [7, 11) is 1.43. The topological polar surface area (TPSA) is 58.6 Å². The van der Waals surface area contributed by atoms with E-state index in [4.69, 9.17) is 4.74 Å². The van der Waals surface area contributed by atoms with Crippen LogP contribution in [0.15, 0.2) is 30.0 Å². The molecule has 1 aliphatic heterocycles. The van der Waals surface area contributed by atoms with Crippen LogP contribution in [0.3, 0.4) is 0 Å². The molecule has 0 aliphatic carbocycles. The SMILES string of the molecule is CC/C=C(\C)NC(C(=O)OC)[C@@H](C)CC.O=C1CCCN1Cc1cccc(F)c1F. The summed E-state index contributed by atoms with van der Waals surface area (Å²) in [4.78, 5) is 24.4. The molecule has 1 aliphatic rings. The minimum atomic E-state index is -0.862. The van der Waals surface area contributed by atoms with E-state index in [1.165, 1.54) is 19.2 Å². The fourth-order valence-corrected chi connectivity index (χ4v) is 3.15. The highest BCUT2D eigenvalue weighted by atomic mass is 19.2. The highest BCUT2D eigenvalue weighted by Gasteiger charge is 2.24. The second-order valence-corrected chi connectivity index (χ2v) is 7.46. The molecule has 168 valence electrons. The first kappa shape index (κ1) is 25.6. The van der Waals surface area contributed by atoms with Gasteiger partial charge in [0.15, 0.2) is 11.6 Å². The number of amides is 1. The van der Waals surface area contributed by atoms with Gasteiger partial charge in [-0.1, -0.05) is 45.4 Å². The number of rotatable bonds is 8. The average molecular weight is 425 g/mol. The molecular formula is C23H34F2N2O3. The number of halogens is 2. The van der Waals surface area contributed by atoms with Crippen LogP contribution in [-0.2, 0) is 20.9 Å². The van der Waals surface area contributed by atoms with Crippen LogP contribution in [0.5, 0.6) is 0 Å². The second kappa shape index (κ2) is 13.0. The molecule has 1 fully saturated rings. The predicted octanol–water partition coefficient (Wildman–Crippen LogP) is 4.56. The third-order valence-corrected chi connectivity index (χ3v) is 5.13. The Morgan fingerprint density at radius 1 is 1.33 bits per heavy atom. The van der Waals surface area contributed by atoms with Crippen molar-refractivity contribution in [2.24, 2.45) is 5.92 Å². The Kier molecular flexibility index (Phi) is 11.1. The van der Waals surface area contributed by atoms with E-state index in [0.717, 1.165) is 31.0 Å². The van der Waals surface area contributed by atoms with E-state index in [0.29, 0.717) is 13.0 Å². The zero-order chi connectivity index (χ0) is 22.7. The number of hydrogen-bond acceptors (Lipinski definition) is 4. The van der Waals surface area contributed by atoms with Crippen LogP contribution in [0.4, 0.5) is 8.78 Å². The van der Waals surface area contributed by atoms with Crippen molar-refractivity contribution in [2.45, 2.75) is 66.0 Å². The lowest BCUT2D eigenvalue weighted by Crippen LogP contribution is -2.41. The summed E-state index contributed by atoms with van der Waals surface area (Å²) >= 11 is 0. The van der Waals surface area contributed by atoms with Gasteiger partial charge in [-0.15, -0.1) is 0 Å². The molecule has 0 bridgehead atoms. The molecule has 0 aromatic heterocycles. The molecule has 1 unspecified atom stereocenters. The van der Waals surface area contributed by atoms with Crippen LogP contribution in [0.1, 0.15) is 58.9 Å². The number of ether oxygens (including phenoxy) is 1. The van der Waals surface area contributed by atoms with Gasteiger partial charge in [0.05, 0.1) is 7.11 Å². The van der Waals surface area contributed by atoms with Gasteiger partial charge in [-0.2, -0.15) is 0 Å². The van der Waals surface area contributed by atoms with Gasteiger partial charge >= 0.3 is 5.97 Å². The van der Waals surface area contributed by atoms with Gasteiger partial charge in [0.2, 0.25) is 5.91 Å². The van der Waals surface area contributed by atoms with Crippen LogP contribution < -0.4 is 5.32 Å². The van der Waals surface area contributed by atoms with Crippen molar-refractivity contribution < 1.29 is 23.1 Å². The first-order valence-electron chi connectivity index (χ1n) is 10.5. The maximum absolute atomic E-state index is 13.3. The molecule has 5 nitrogen and oxygen atoms in total. The van der Waals surface area contributed by atoms with Crippen LogP contribution in [0, 0.1) is 17.6 Å². The molecule has 0 radical (unpaired) electrons. The van der Waals surface area contributed by atoms with Crippen molar-refractivity contribution in [2.75, 3.05) is 13.7 Å².